The Kier molecular flexibility index (Phi) is 3.89. The van der Waals surface area contributed by atoms with Gasteiger partial charge in [0.1, 0.15) is 5.82 Å². The molecule has 2 aliphatic carbocycles. The minimum atomic E-state index is -0.369. The second-order valence-electron chi connectivity index (χ2n) is 6.04. The van der Waals surface area contributed by atoms with Crippen LogP contribution in [0.5, 0.6) is 0 Å². The van der Waals surface area contributed by atoms with E-state index in [-0.39, 0.29) is 16.9 Å². The largest absolute Gasteiger partial charge is 0.324 e. The second-order valence-corrected chi connectivity index (χ2v) is 7.27. The molecule has 0 aromatic heterocycles. The lowest BCUT2D eigenvalue weighted by Crippen LogP contribution is -2.20. The summed E-state index contributed by atoms with van der Waals surface area (Å²) in [4.78, 5) is 0. The summed E-state index contributed by atoms with van der Waals surface area (Å²) in [5.74, 6) is 2.04. The van der Waals surface area contributed by atoms with Crippen molar-refractivity contribution >= 4 is 27.5 Å². The van der Waals surface area contributed by atoms with Gasteiger partial charge in [-0.25, -0.2) is 4.39 Å². The van der Waals surface area contributed by atoms with Gasteiger partial charge in [0.2, 0.25) is 0 Å². The lowest BCUT2D eigenvalue weighted by molar-refractivity contribution is 0.294. The zero-order valence-corrected chi connectivity index (χ0v) is 13.1. The average molecular weight is 347 g/mol. The van der Waals surface area contributed by atoms with Gasteiger partial charge in [0.05, 0.1) is 5.02 Å². The second kappa shape index (κ2) is 5.34. The predicted octanol–water partition coefficient (Wildman–Crippen LogP) is 5.07. The molecule has 1 aromatic rings. The molecule has 104 valence electrons. The Bertz CT molecular complexity index is 493. The third kappa shape index (κ3) is 2.57. The summed E-state index contributed by atoms with van der Waals surface area (Å²) in [5, 5.41) is 0.140. The number of nitrogens with two attached hydrogens (primary N) is 1. The molecule has 2 N–H and O–H groups in total. The number of fused-ring (bicyclic) bond motifs is 2. The van der Waals surface area contributed by atoms with Crippen LogP contribution in [-0.4, -0.2) is 0 Å². The average Bonchev–Trinajstić information content (AvgIpc) is 2.98. The van der Waals surface area contributed by atoms with E-state index in [1.807, 2.05) is 0 Å². The topological polar surface area (TPSA) is 26.0 Å². The van der Waals surface area contributed by atoms with Gasteiger partial charge in [-0.05, 0) is 65.4 Å². The molecule has 2 aliphatic rings. The van der Waals surface area contributed by atoms with E-state index >= 15 is 0 Å². The summed E-state index contributed by atoms with van der Waals surface area (Å²) in [6.45, 7) is 0. The van der Waals surface area contributed by atoms with Gasteiger partial charge in [-0.3, -0.25) is 0 Å². The molecule has 19 heavy (non-hydrogen) atoms. The van der Waals surface area contributed by atoms with Crippen LogP contribution in [-0.2, 0) is 0 Å². The van der Waals surface area contributed by atoms with Gasteiger partial charge in [0.25, 0.3) is 0 Å². The van der Waals surface area contributed by atoms with Crippen LogP contribution in [0.25, 0.3) is 0 Å². The molecule has 4 atom stereocenters. The quantitative estimate of drug-likeness (QED) is 0.760. The minimum Gasteiger partial charge on any atom is -0.324 e. The molecule has 3 rings (SSSR count). The molecule has 2 saturated carbocycles. The van der Waals surface area contributed by atoms with Crippen molar-refractivity contribution in [2.24, 2.45) is 23.5 Å². The van der Waals surface area contributed by atoms with E-state index in [1.54, 1.807) is 12.1 Å². The lowest BCUT2D eigenvalue weighted by atomic mass is 9.83. The molecule has 2 fully saturated rings. The van der Waals surface area contributed by atoms with Crippen molar-refractivity contribution in [1.29, 1.82) is 0 Å². The molecule has 2 bridgehead atoms. The lowest BCUT2D eigenvalue weighted by Gasteiger charge is -2.25. The molecule has 0 aliphatic heterocycles. The molecular weight excluding hydrogens is 329 g/mol. The Labute approximate surface area is 126 Å². The molecule has 0 heterocycles. The van der Waals surface area contributed by atoms with Crippen molar-refractivity contribution in [2.45, 2.75) is 38.1 Å². The number of benzene rings is 1. The standard InChI is InChI=1S/C15H18BrClFN/c16-12-4-3-11(15(18)14(12)17)13(19)7-10-6-8-1-2-9(10)5-8/h3-4,8-10,13H,1-2,5-7,19H2. The molecule has 4 unspecified atom stereocenters. The highest BCUT2D eigenvalue weighted by Gasteiger charge is 2.40. The van der Waals surface area contributed by atoms with Crippen LogP contribution in [0, 0.1) is 23.6 Å². The van der Waals surface area contributed by atoms with Gasteiger partial charge in [-0.15, -0.1) is 0 Å². The van der Waals surface area contributed by atoms with Crippen LogP contribution in [0.15, 0.2) is 16.6 Å². The van der Waals surface area contributed by atoms with Crippen LogP contribution in [0.2, 0.25) is 5.02 Å². The third-order valence-corrected chi connectivity index (χ3v) is 6.16. The predicted molar refractivity (Wildman–Crippen MR) is 79.6 cm³/mol. The molecule has 0 spiro atoms. The number of hydrogen-bond donors (Lipinski definition) is 1. The SMILES string of the molecule is NC(CC1CC2CCC1C2)c1ccc(Br)c(Cl)c1F. The number of halogens is 3. The molecule has 1 aromatic carbocycles. The van der Waals surface area contributed by atoms with Gasteiger partial charge in [0.15, 0.2) is 0 Å². The fourth-order valence-electron chi connectivity index (χ4n) is 3.95. The van der Waals surface area contributed by atoms with Crippen molar-refractivity contribution in [3.05, 3.63) is 33.0 Å². The normalized spacial score (nSPS) is 30.8. The highest BCUT2D eigenvalue weighted by molar-refractivity contribution is 9.10. The van der Waals surface area contributed by atoms with Gasteiger partial charge in [0, 0.05) is 16.1 Å². The van der Waals surface area contributed by atoms with E-state index in [0.29, 0.717) is 16.0 Å². The fourth-order valence-corrected chi connectivity index (χ4v) is 4.42. The maximum Gasteiger partial charge on any atom is 0.147 e. The summed E-state index contributed by atoms with van der Waals surface area (Å²) in [5.41, 5.74) is 6.76. The van der Waals surface area contributed by atoms with Crippen LogP contribution < -0.4 is 5.73 Å². The first kappa shape index (κ1) is 13.8. The molecule has 1 nitrogen and oxygen atoms in total. The Hall–Kier alpha value is -0.120. The molecule has 0 amide bonds. The summed E-state index contributed by atoms with van der Waals surface area (Å²) in [6, 6.07) is 3.29. The van der Waals surface area contributed by atoms with Crippen LogP contribution in [0.1, 0.15) is 43.7 Å². The van der Waals surface area contributed by atoms with Gasteiger partial charge in [-0.2, -0.15) is 0 Å². The molecule has 4 heteroatoms. The van der Waals surface area contributed by atoms with Crippen molar-refractivity contribution in [2.75, 3.05) is 0 Å². The Morgan fingerprint density at radius 1 is 1.37 bits per heavy atom. The fraction of sp³-hybridized carbons (Fsp3) is 0.600. The van der Waals surface area contributed by atoms with E-state index in [4.69, 9.17) is 17.3 Å². The smallest absolute Gasteiger partial charge is 0.147 e. The molecule has 0 radical (unpaired) electrons. The third-order valence-electron chi connectivity index (χ3n) is 4.91. The first-order valence-corrected chi connectivity index (χ1v) is 8.12. The van der Waals surface area contributed by atoms with Gasteiger partial charge >= 0.3 is 0 Å². The first-order valence-electron chi connectivity index (χ1n) is 6.95. The zero-order valence-electron chi connectivity index (χ0n) is 10.7. The summed E-state index contributed by atoms with van der Waals surface area (Å²) in [7, 11) is 0. The van der Waals surface area contributed by atoms with Gasteiger partial charge < -0.3 is 5.73 Å². The Morgan fingerprint density at radius 2 is 2.16 bits per heavy atom. The minimum absolute atomic E-state index is 0.140. The van der Waals surface area contributed by atoms with E-state index in [0.717, 1.165) is 18.3 Å². The first-order chi connectivity index (χ1) is 9.06. The van der Waals surface area contributed by atoms with Crippen LogP contribution >= 0.6 is 27.5 Å². The summed E-state index contributed by atoms with van der Waals surface area (Å²) >= 11 is 9.16. The van der Waals surface area contributed by atoms with Gasteiger partial charge in [-0.1, -0.05) is 24.1 Å². The van der Waals surface area contributed by atoms with Crippen molar-refractivity contribution in [1.82, 2.24) is 0 Å². The Balaban J connectivity index is 1.74. The van der Waals surface area contributed by atoms with Crippen LogP contribution in [0.4, 0.5) is 4.39 Å². The van der Waals surface area contributed by atoms with E-state index in [1.165, 1.54) is 25.7 Å². The summed E-state index contributed by atoms with van der Waals surface area (Å²) in [6.07, 6.45) is 6.25. The number of rotatable bonds is 3. The van der Waals surface area contributed by atoms with Crippen molar-refractivity contribution < 1.29 is 4.39 Å². The monoisotopic (exact) mass is 345 g/mol. The molecular formula is C15H18BrClFN. The Morgan fingerprint density at radius 3 is 2.79 bits per heavy atom. The maximum absolute atomic E-state index is 14.1. The van der Waals surface area contributed by atoms with E-state index in [2.05, 4.69) is 15.9 Å². The maximum atomic E-state index is 14.1. The molecule has 0 saturated heterocycles. The van der Waals surface area contributed by atoms with E-state index < -0.39 is 0 Å². The van der Waals surface area contributed by atoms with E-state index in [9.17, 15) is 4.39 Å². The number of hydrogen-bond acceptors (Lipinski definition) is 1. The highest BCUT2D eigenvalue weighted by atomic mass is 79.9. The highest BCUT2D eigenvalue weighted by Crippen LogP contribution is 2.50. The van der Waals surface area contributed by atoms with Crippen LogP contribution in [0.3, 0.4) is 0 Å². The van der Waals surface area contributed by atoms with Crippen molar-refractivity contribution in [3.8, 4) is 0 Å². The summed E-state index contributed by atoms with van der Waals surface area (Å²) < 4.78 is 14.7. The van der Waals surface area contributed by atoms with Crippen molar-refractivity contribution in [3.63, 3.8) is 0 Å². The zero-order chi connectivity index (χ0) is 13.6.